The van der Waals surface area contributed by atoms with Gasteiger partial charge in [-0.15, -0.1) is 0 Å². The zero-order valence-corrected chi connectivity index (χ0v) is 9.04. The first-order chi connectivity index (χ1) is 7.41. The molecule has 0 saturated carbocycles. The monoisotopic (exact) mass is 229 g/mol. The molecule has 1 rings (SSSR count). The first-order valence-corrected chi connectivity index (χ1v) is 4.84. The van der Waals surface area contributed by atoms with Crippen LogP contribution in [0.3, 0.4) is 0 Å². The lowest BCUT2D eigenvalue weighted by Crippen LogP contribution is -2.38. The molecule has 0 amide bonds. The van der Waals surface area contributed by atoms with Crippen LogP contribution >= 0.6 is 0 Å². The molecule has 0 heterocycles. The Kier molecular flexibility index (Phi) is 3.95. The molecule has 16 heavy (non-hydrogen) atoms. The number of rotatable bonds is 3. The van der Waals surface area contributed by atoms with E-state index in [0.29, 0.717) is 0 Å². The van der Waals surface area contributed by atoms with Gasteiger partial charge in [0.25, 0.3) is 0 Å². The van der Waals surface area contributed by atoms with E-state index in [0.717, 1.165) is 12.1 Å². The summed E-state index contributed by atoms with van der Waals surface area (Å²) in [5.41, 5.74) is 5.53. The van der Waals surface area contributed by atoms with Crippen molar-refractivity contribution >= 4 is 5.97 Å². The zero-order chi connectivity index (χ0) is 12.3. The zero-order valence-electron chi connectivity index (χ0n) is 9.04. The molecule has 88 valence electrons. The molecule has 1 aromatic rings. The van der Waals surface area contributed by atoms with Crippen molar-refractivity contribution in [2.24, 2.45) is 11.7 Å². The molecule has 0 radical (unpaired) electrons. The minimum Gasteiger partial charge on any atom is -0.425 e. The van der Waals surface area contributed by atoms with E-state index in [1.165, 1.54) is 6.07 Å². The van der Waals surface area contributed by atoms with E-state index in [2.05, 4.69) is 0 Å². The van der Waals surface area contributed by atoms with E-state index < -0.39 is 23.6 Å². The van der Waals surface area contributed by atoms with Crippen molar-refractivity contribution in [2.45, 2.75) is 19.9 Å². The van der Waals surface area contributed by atoms with Gasteiger partial charge < -0.3 is 10.5 Å². The first-order valence-electron chi connectivity index (χ1n) is 4.84. The van der Waals surface area contributed by atoms with E-state index >= 15 is 0 Å². The summed E-state index contributed by atoms with van der Waals surface area (Å²) in [5, 5.41) is 0. The molecular formula is C11H13F2NO2. The summed E-state index contributed by atoms with van der Waals surface area (Å²) < 4.78 is 30.2. The summed E-state index contributed by atoms with van der Waals surface area (Å²) in [5.74, 6) is -2.87. The highest BCUT2D eigenvalue weighted by molar-refractivity contribution is 5.78. The second-order valence-electron chi connectivity index (χ2n) is 3.77. The van der Waals surface area contributed by atoms with Crippen LogP contribution in [0.5, 0.6) is 5.75 Å². The highest BCUT2D eigenvalue weighted by Crippen LogP contribution is 2.16. The summed E-state index contributed by atoms with van der Waals surface area (Å²) in [7, 11) is 0. The van der Waals surface area contributed by atoms with Crippen LogP contribution in [0.1, 0.15) is 13.8 Å². The minimum atomic E-state index is -1.07. The fourth-order valence-electron chi connectivity index (χ4n) is 0.997. The molecule has 1 atom stereocenters. The van der Waals surface area contributed by atoms with Crippen LogP contribution in [0.25, 0.3) is 0 Å². The number of hydrogen-bond donors (Lipinski definition) is 1. The van der Waals surface area contributed by atoms with Gasteiger partial charge in [0.2, 0.25) is 0 Å². The SMILES string of the molecule is CC(C)C(N)C(=O)Oc1ccc(F)c(F)c1. The van der Waals surface area contributed by atoms with E-state index in [1.807, 2.05) is 0 Å². The molecule has 1 unspecified atom stereocenters. The van der Waals surface area contributed by atoms with Crippen molar-refractivity contribution in [2.75, 3.05) is 0 Å². The van der Waals surface area contributed by atoms with Crippen LogP contribution in [0.4, 0.5) is 8.78 Å². The predicted octanol–water partition coefficient (Wildman–Crippen LogP) is 1.85. The molecule has 1 aromatic carbocycles. The normalized spacial score (nSPS) is 12.6. The minimum absolute atomic E-state index is 0.0556. The molecule has 0 aliphatic rings. The average Bonchev–Trinajstić information content (AvgIpc) is 2.22. The molecule has 2 N–H and O–H groups in total. The molecule has 5 heteroatoms. The van der Waals surface area contributed by atoms with Crippen molar-refractivity contribution in [1.82, 2.24) is 0 Å². The van der Waals surface area contributed by atoms with Crippen LogP contribution in [-0.4, -0.2) is 12.0 Å². The van der Waals surface area contributed by atoms with Crippen LogP contribution < -0.4 is 10.5 Å². The number of nitrogens with two attached hydrogens (primary N) is 1. The van der Waals surface area contributed by atoms with Gasteiger partial charge in [-0.25, -0.2) is 13.6 Å². The number of esters is 1. The van der Waals surface area contributed by atoms with Gasteiger partial charge in [-0.3, -0.25) is 0 Å². The van der Waals surface area contributed by atoms with Gasteiger partial charge in [-0.1, -0.05) is 13.8 Å². The summed E-state index contributed by atoms with van der Waals surface area (Å²) in [6.45, 7) is 3.52. The predicted molar refractivity (Wildman–Crippen MR) is 54.8 cm³/mol. The molecule has 3 nitrogen and oxygen atoms in total. The Morgan fingerprint density at radius 2 is 1.94 bits per heavy atom. The summed E-state index contributed by atoms with van der Waals surface area (Å²) >= 11 is 0. The Morgan fingerprint density at radius 3 is 2.44 bits per heavy atom. The van der Waals surface area contributed by atoms with E-state index in [9.17, 15) is 13.6 Å². The molecule has 0 aliphatic heterocycles. The quantitative estimate of drug-likeness (QED) is 0.635. The first kappa shape index (κ1) is 12.6. The Morgan fingerprint density at radius 1 is 1.31 bits per heavy atom. The third-order valence-electron chi connectivity index (χ3n) is 2.10. The number of halogens is 2. The molecular weight excluding hydrogens is 216 g/mol. The lowest BCUT2D eigenvalue weighted by atomic mass is 10.1. The third-order valence-corrected chi connectivity index (χ3v) is 2.10. The molecule has 0 fully saturated rings. The summed E-state index contributed by atoms with van der Waals surface area (Å²) in [6.07, 6.45) is 0. The van der Waals surface area contributed by atoms with Crippen molar-refractivity contribution < 1.29 is 18.3 Å². The second kappa shape index (κ2) is 5.03. The van der Waals surface area contributed by atoms with Gasteiger partial charge >= 0.3 is 5.97 Å². The highest BCUT2D eigenvalue weighted by atomic mass is 19.2. The van der Waals surface area contributed by atoms with Gasteiger partial charge in [-0.05, 0) is 18.1 Å². The third kappa shape index (κ3) is 3.00. The fraction of sp³-hybridized carbons (Fsp3) is 0.364. The number of ether oxygens (including phenoxy) is 1. The van der Waals surface area contributed by atoms with Crippen molar-refractivity contribution in [3.63, 3.8) is 0 Å². The van der Waals surface area contributed by atoms with Crippen molar-refractivity contribution in [3.05, 3.63) is 29.8 Å². The maximum atomic E-state index is 12.8. The van der Waals surface area contributed by atoms with E-state index in [4.69, 9.17) is 10.5 Å². The maximum Gasteiger partial charge on any atom is 0.328 e. The lowest BCUT2D eigenvalue weighted by molar-refractivity contribution is -0.136. The number of carbonyl (C=O) groups is 1. The maximum absolute atomic E-state index is 12.8. The molecule has 0 aliphatic carbocycles. The Bertz CT molecular complexity index is 394. The van der Waals surface area contributed by atoms with Gasteiger partial charge in [-0.2, -0.15) is 0 Å². The molecule has 0 spiro atoms. The lowest BCUT2D eigenvalue weighted by Gasteiger charge is -2.14. The van der Waals surface area contributed by atoms with Crippen molar-refractivity contribution in [3.8, 4) is 5.75 Å². The number of hydrogen-bond acceptors (Lipinski definition) is 3. The smallest absolute Gasteiger partial charge is 0.328 e. The van der Waals surface area contributed by atoms with E-state index in [-0.39, 0.29) is 11.7 Å². The Labute approximate surface area is 92.2 Å². The standard InChI is InChI=1S/C11H13F2NO2/c1-6(2)10(14)11(15)16-7-3-4-8(12)9(13)5-7/h3-6,10H,14H2,1-2H3. The largest absolute Gasteiger partial charge is 0.425 e. The number of carbonyl (C=O) groups excluding carboxylic acids is 1. The summed E-state index contributed by atoms with van der Waals surface area (Å²) in [4.78, 5) is 11.4. The van der Waals surface area contributed by atoms with Gasteiger partial charge in [0.05, 0.1) is 0 Å². The second-order valence-corrected chi connectivity index (χ2v) is 3.77. The van der Waals surface area contributed by atoms with Crippen molar-refractivity contribution in [1.29, 1.82) is 0 Å². The van der Waals surface area contributed by atoms with Crippen LogP contribution in [0.15, 0.2) is 18.2 Å². The summed E-state index contributed by atoms with van der Waals surface area (Å²) in [6, 6.07) is 2.08. The van der Waals surface area contributed by atoms with Gasteiger partial charge in [0.15, 0.2) is 11.6 Å². The van der Waals surface area contributed by atoms with Gasteiger partial charge in [0, 0.05) is 6.07 Å². The van der Waals surface area contributed by atoms with Gasteiger partial charge in [0.1, 0.15) is 11.8 Å². The Hall–Kier alpha value is -1.49. The van der Waals surface area contributed by atoms with Crippen LogP contribution in [0.2, 0.25) is 0 Å². The molecule has 0 bridgehead atoms. The molecule has 0 saturated heterocycles. The average molecular weight is 229 g/mol. The Balaban J connectivity index is 2.74. The topological polar surface area (TPSA) is 52.3 Å². The van der Waals surface area contributed by atoms with E-state index in [1.54, 1.807) is 13.8 Å². The fourth-order valence-corrected chi connectivity index (χ4v) is 0.997. The van der Waals surface area contributed by atoms with Crippen LogP contribution in [-0.2, 0) is 4.79 Å². The van der Waals surface area contributed by atoms with Crippen LogP contribution in [0, 0.1) is 17.6 Å². The number of benzene rings is 1. The molecule has 0 aromatic heterocycles. The highest BCUT2D eigenvalue weighted by Gasteiger charge is 2.19.